The molecule has 218 valence electrons. The normalized spacial score (nSPS) is 16.8. The van der Waals surface area contributed by atoms with E-state index < -0.39 is 36.0 Å². The van der Waals surface area contributed by atoms with Gasteiger partial charge in [0.2, 0.25) is 5.96 Å². The van der Waals surface area contributed by atoms with Crippen molar-refractivity contribution in [1.82, 2.24) is 4.90 Å². The Morgan fingerprint density at radius 3 is 2.31 bits per heavy atom. The molecule has 13 heteroatoms. The van der Waals surface area contributed by atoms with Crippen molar-refractivity contribution < 1.29 is 36.9 Å². The van der Waals surface area contributed by atoms with Gasteiger partial charge in [-0.3, -0.25) is 4.79 Å². The number of para-hydroxylation sites is 1. The van der Waals surface area contributed by atoms with Gasteiger partial charge in [0.1, 0.15) is 23.0 Å². The number of ether oxygens (including phenoxy) is 2. The Labute approximate surface area is 262 Å². The second-order valence-corrected chi connectivity index (χ2v) is 9.63. The number of anilines is 2. The Morgan fingerprint density at radius 1 is 0.976 bits per heavy atom. The minimum absolute atomic E-state index is 0. The molecule has 0 aromatic heterocycles. The Morgan fingerprint density at radius 2 is 1.67 bits per heavy atom. The number of halogens is 4. The molecule has 1 N–H and O–H groups in total. The molecule has 0 saturated carbocycles. The number of carboxylic acid groups (broad SMARTS) is 1. The van der Waals surface area contributed by atoms with Gasteiger partial charge in [0.05, 0.1) is 37.9 Å². The van der Waals surface area contributed by atoms with E-state index in [0.717, 1.165) is 17.8 Å². The van der Waals surface area contributed by atoms with Crippen LogP contribution in [0, 0.1) is 5.82 Å². The van der Waals surface area contributed by atoms with Crippen molar-refractivity contribution in [3.8, 4) is 11.5 Å². The van der Waals surface area contributed by atoms with Crippen LogP contribution in [-0.2, 0) is 11.0 Å². The van der Waals surface area contributed by atoms with Crippen molar-refractivity contribution >= 4 is 58.5 Å². The molecule has 3 aromatic carbocycles. The molecule has 5 rings (SSSR count). The van der Waals surface area contributed by atoms with E-state index in [-0.39, 0.29) is 58.2 Å². The summed E-state index contributed by atoms with van der Waals surface area (Å²) < 4.78 is 67.3. The van der Waals surface area contributed by atoms with Gasteiger partial charge >= 0.3 is 41.7 Å². The Hall–Kier alpha value is -3.48. The third kappa shape index (κ3) is 6.30. The molecule has 0 amide bonds. The Kier molecular flexibility index (Phi) is 9.59. The number of benzene rings is 3. The molecule has 42 heavy (non-hydrogen) atoms. The predicted octanol–water partition coefficient (Wildman–Crippen LogP) is 5.06. The predicted molar refractivity (Wildman–Crippen MR) is 153 cm³/mol. The number of carbonyl (C=O) groups is 1. The maximum absolute atomic E-state index is 15.1. The monoisotopic (exact) mass is 596 g/mol. The van der Waals surface area contributed by atoms with E-state index in [0.29, 0.717) is 31.9 Å². The second-order valence-electron chi connectivity index (χ2n) is 9.63. The van der Waals surface area contributed by atoms with E-state index >= 15 is 4.39 Å². The average Bonchev–Trinajstić information content (AvgIpc) is 2.96. The van der Waals surface area contributed by atoms with Crippen LogP contribution in [0.15, 0.2) is 65.7 Å². The number of hydrogen-bond acceptors (Lipinski definition) is 7. The van der Waals surface area contributed by atoms with E-state index in [1.807, 2.05) is 29.2 Å². The standard InChI is InChI=1S/C29H28F4N4O4.Na.H/c1-40-20-6-3-5-19(16-20)35-11-13-36(14-12-35)28-34-27-21(7-4-8-22(27)30)23(17-26(38)39)37(28)24-15-18(29(31,32)33)9-10-25(24)41-2;;/h3-10,15-16,23H,11-14,17H2,1-2H3,(H,38,39);;/t23-;;/m0../s1. The number of aliphatic carboxylic acids is 1. The van der Waals surface area contributed by atoms with Crippen molar-refractivity contribution in [2.45, 2.75) is 18.6 Å². The maximum atomic E-state index is 15.1. The summed E-state index contributed by atoms with van der Waals surface area (Å²) in [6, 6.07) is 13.7. The van der Waals surface area contributed by atoms with E-state index in [2.05, 4.69) is 9.89 Å². The molecule has 2 aliphatic rings. The van der Waals surface area contributed by atoms with Crippen molar-refractivity contribution in [2.24, 2.45) is 4.99 Å². The van der Waals surface area contributed by atoms with E-state index in [1.54, 1.807) is 13.2 Å². The summed E-state index contributed by atoms with van der Waals surface area (Å²) >= 11 is 0. The summed E-state index contributed by atoms with van der Waals surface area (Å²) in [5, 5.41) is 9.83. The van der Waals surface area contributed by atoms with Gasteiger partial charge in [-0.2, -0.15) is 13.2 Å². The number of piperazine rings is 1. The van der Waals surface area contributed by atoms with Crippen LogP contribution in [0.4, 0.5) is 34.6 Å². The van der Waals surface area contributed by atoms with Gasteiger partial charge in [-0.1, -0.05) is 18.2 Å². The van der Waals surface area contributed by atoms with Gasteiger partial charge in [0.15, 0.2) is 0 Å². The van der Waals surface area contributed by atoms with Gasteiger partial charge in [-0.05, 0) is 36.4 Å². The summed E-state index contributed by atoms with van der Waals surface area (Å²) in [5.74, 6) is -0.910. The van der Waals surface area contributed by atoms with Crippen LogP contribution >= 0.6 is 0 Å². The van der Waals surface area contributed by atoms with Crippen LogP contribution < -0.4 is 19.3 Å². The first-order chi connectivity index (χ1) is 19.6. The number of rotatable bonds is 6. The third-order valence-corrected chi connectivity index (χ3v) is 7.23. The van der Waals surface area contributed by atoms with Crippen molar-refractivity contribution in [1.29, 1.82) is 0 Å². The Bertz CT molecular complexity index is 1480. The number of fused-ring (bicyclic) bond motifs is 1. The van der Waals surface area contributed by atoms with Gasteiger partial charge in [-0.25, -0.2) is 9.38 Å². The van der Waals surface area contributed by atoms with Gasteiger partial charge in [0, 0.05) is 43.5 Å². The van der Waals surface area contributed by atoms with Crippen molar-refractivity contribution in [3.05, 3.63) is 77.6 Å². The molecule has 8 nitrogen and oxygen atoms in total. The molecule has 0 radical (unpaired) electrons. The van der Waals surface area contributed by atoms with Crippen LogP contribution in [0.2, 0.25) is 0 Å². The number of hydrogen-bond donors (Lipinski definition) is 1. The molecule has 0 unspecified atom stereocenters. The number of nitrogens with zero attached hydrogens (tertiary/aromatic N) is 4. The van der Waals surface area contributed by atoms with Crippen LogP contribution in [0.1, 0.15) is 23.6 Å². The van der Waals surface area contributed by atoms with Crippen LogP contribution in [-0.4, -0.2) is 91.9 Å². The topological polar surface area (TPSA) is 77.8 Å². The number of methoxy groups -OCH3 is 2. The average molecular weight is 597 g/mol. The van der Waals surface area contributed by atoms with E-state index in [4.69, 9.17) is 9.47 Å². The first-order valence-corrected chi connectivity index (χ1v) is 12.9. The summed E-state index contributed by atoms with van der Waals surface area (Å²) in [4.78, 5) is 22.0. The van der Waals surface area contributed by atoms with Crippen molar-refractivity contribution in [3.63, 3.8) is 0 Å². The summed E-state index contributed by atoms with van der Waals surface area (Å²) in [6.45, 7) is 1.82. The van der Waals surface area contributed by atoms with Gasteiger partial charge < -0.3 is 29.3 Å². The fraction of sp³-hybridized carbons (Fsp3) is 0.310. The Balaban J connectivity index is 0.00000405. The summed E-state index contributed by atoms with van der Waals surface area (Å²) in [6.07, 6.45) is -5.18. The van der Waals surface area contributed by atoms with Gasteiger partial charge in [-0.15, -0.1) is 0 Å². The van der Waals surface area contributed by atoms with E-state index in [1.165, 1.54) is 30.2 Å². The molecular weight excluding hydrogens is 567 g/mol. The zero-order valence-corrected chi connectivity index (χ0v) is 22.4. The summed E-state index contributed by atoms with van der Waals surface area (Å²) in [7, 11) is 2.90. The zero-order valence-electron chi connectivity index (χ0n) is 22.4. The van der Waals surface area contributed by atoms with E-state index in [9.17, 15) is 23.1 Å². The van der Waals surface area contributed by atoms with Gasteiger partial charge in [0.25, 0.3) is 0 Å². The molecule has 0 aliphatic carbocycles. The number of carboxylic acids is 1. The van der Waals surface area contributed by atoms with Crippen LogP contribution in [0.5, 0.6) is 11.5 Å². The quantitative estimate of drug-likeness (QED) is 0.315. The molecule has 0 bridgehead atoms. The molecule has 2 aliphatic heterocycles. The number of guanidine groups is 1. The fourth-order valence-electron chi connectivity index (χ4n) is 5.24. The molecule has 1 atom stereocenters. The summed E-state index contributed by atoms with van der Waals surface area (Å²) in [5.41, 5.74) is 0.204. The second kappa shape index (κ2) is 12.8. The van der Waals surface area contributed by atoms with Crippen LogP contribution in [0.25, 0.3) is 0 Å². The van der Waals surface area contributed by atoms with Crippen LogP contribution in [0.3, 0.4) is 0 Å². The molecule has 1 saturated heterocycles. The minimum atomic E-state index is -4.66. The third-order valence-electron chi connectivity index (χ3n) is 7.23. The molecule has 3 aromatic rings. The molecular formula is C29H29F4N4NaO4. The first kappa shape index (κ1) is 31.5. The zero-order chi connectivity index (χ0) is 29.3. The van der Waals surface area contributed by atoms with Crippen molar-refractivity contribution in [2.75, 3.05) is 50.2 Å². The molecule has 2 heterocycles. The molecule has 1 fully saturated rings. The first-order valence-electron chi connectivity index (χ1n) is 12.9. The fourth-order valence-corrected chi connectivity index (χ4v) is 5.24. The number of alkyl halides is 3. The molecule has 0 spiro atoms. The SMILES string of the molecule is COc1cccc(N2CCN(C3=Nc4c(F)cccc4[C@H](CC(=O)O)N3c3cc(C(F)(F)F)ccc3OC)CC2)c1.[NaH]. The number of aliphatic imine (C=N–C) groups is 1.